The molecule has 5 heteroatoms. The highest BCUT2D eigenvalue weighted by molar-refractivity contribution is 9.10. The Balaban J connectivity index is 2.14. The van der Waals surface area contributed by atoms with Crippen molar-refractivity contribution in [3.8, 4) is 0 Å². The van der Waals surface area contributed by atoms with Crippen molar-refractivity contribution >= 4 is 33.6 Å². The van der Waals surface area contributed by atoms with Gasteiger partial charge in [-0.15, -0.1) is 0 Å². The van der Waals surface area contributed by atoms with E-state index in [1.165, 1.54) is 0 Å². The maximum absolute atomic E-state index is 10.6. The average Bonchev–Trinajstić information content (AvgIpc) is 2.90. The van der Waals surface area contributed by atoms with Crippen LogP contribution in [0.2, 0.25) is 5.02 Å². The van der Waals surface area contributed by atoms with E-state index in [4.69, 9.17) is 16.7 Å². The minimum Gasteiger partial charge on any atom is -0.465 e. The molecule has 2 N–H and O–H groups in total. The van der Waals surface area contributed by atoms with Crippen LogP contribution >= 0.6 is 27.5 Å². The molecule has 1 aliphatic rings. The van der Waals surface area contributed by atoms with Crippen LogP contribution in [0, 0.1) is 0 Å². The lowest BCUT2D eigenvalue weighted by molar-refractivity contribution is 0.188. The van der Waals surface area contributed by atoms with E-state index in [9.17, 15) is 4.79 Å². The van der Waals surface area contributed by atoms with E-state index in [0.29, 0.717) is 11.4 Å². The molecule has 1 saturated carbocycles. The lowest BCUT2D eigenvalue weighted by atomic mass is 10.0. The fourth-order valence-electron chi connectivity index (χ4n) is 1.77. The number of amides is 1. The number of nitrogens with one attached hydrogen (secondary N) is 1. The second kappa shape index (κ2) is 4.26. The van der Waals surface area contributed by atoms with Crippen LogP contribution < -0.4 is 5.32 Å². The fourth-order valence-corrected chi connectivity index (χ4v) is 2.36. The monoisotopic (exact) mass is 303 g/mol. The average molecular weight is 305 g/mol. The van der Waals surface area contributed by atoms with Gasteiger partial charge in [0.1, 0.15) is 0 Å². The van der Waals surface area contributed by atoms with E-state index >= 15 is 0 Å². The highest BCUT2D eigenvalue weighted by Gasteiger charge is 2.44. The summed E-state index contributed by atoms with van der Waals surface area (Å²) in [6.45, 7) is 0. The lowest BCUT2D eigenvalue weighted by Crippen LogP contribution is -2.37. The van der Waals surface area contributed by atoms with Crippen molar-refractivity contribution in [2.45, 2.75) is 24.8 Å². The Hall–Kier alpha value is -0.740. The molecule has 1 fully saturated rings. The first kappa shape index (κ1) is 11.7. The summed E-state index contributed by atoms with van der Waals surface area (Å²) >= 11 is 9.45. The largest absolute Gasteiger partial charge is 0.465 e. The van der Waals surface area contributed by atoms with Gasteiger partial charge in [0.15, 0.2) is 0 Å². The summed E-state index contributed by atoms with van der Waals surface area (Å²) in [5.74, 6) is 0. The van der Waals surface area contributed by atoms with Crippen molar-refractivity contribution in [1.29, 1.82) is 0 Å². The van der Waals surface area contributed by atoms with Gasteiger partial charge in [-0.05, 0) is 43.0 Å². The van der Waals surface area contributed by atoms with Gasteiger partial charge in [0.05, 0.1) is 0 Å². The number of carboxylic acid groups (broad SMARTS) is 1. The SMILES string of the molecule is O=C(O)NC1(Cc2cc(Br)ccc2Cl)CC1. The predicted octanol–water partition coefficient (Wildman–Crippen LogP) is 3.45. The molecule has 1 aromatic carbocycles. The molecule has 2 rings (SSSR count). The van der Waals surface area contributed by atoms with E-state index in [1.54, 1.807) is 0 Å². The van der Waals surface area contributed by atoms with E-state index in [0.717, 1.165) is 22.9 Å². The number of halogens is 2. The summed E-state index contributed by atoms with van der Waals surface area (Å²) in [4.78, 5) is 10.6. The van der Waals surface area contributed by atoms with Crippen LogP contribution in [-0.2, 0) is 6.42 Å². The summed E-state index contributed by atoms with van der Waals surface area (Å²) in [6.07, 6.45) is 1.44. The first-order chi connectivity index (χ1) is 7.51. The molecule has 0 saturated heterocycles. The number of hydrogen-bond donors (Lipinski definition) is 2. The van der Waals surface area contributed by atoms with E-state index in [-0.39, 0.29) is 5.54 Å². The first-order valence-electron chi connectivity index (χ1n) is 4.96. The Labute approximate surface area is 107 Å². The topological polar surface area (TPSA) is 49.3 Å². The molecule has 0 radical (unpaired) electrons. The van der Waals surface area contributed by atoms with Gasteiger partial charge in [-0.1, -0.05) is 27.5 Å². The van der Waals surface area contributed by atoms with Crippen LogP contribution in [0.25, 0.3) is 0 Å². The molecule has 86 valence electrons. The van der Waals surface area contributed by atoms with Crippen molar-refractivity contribution < 1.29 is 9.90 Å². The highest BCUT2D eigenvalue weighted by Crippen LogP contribution is 2.40. The Morgan fingerprint density at radius 2 is 2.25 bits per heavy atom. The Morgan fingerprint density at radius 3 is 2.81 bits per heavy atom. The smallest absolute Gasteiger partial charge is 0.405 e. The van der Waals surface area contributed by atoms with Crippen LogP contribution in [0.3, 0.4) is 0 Å². The fraction of sp³-hybridized carbons (Fsp3) is 0.364. The van der Waals surface area contributed by atoms with Crippen LogP contribution in [0.5, 0.6) is 0 Å². The maximum atomic E-state index is 10.6. The van der Waals surface area contributed by atoms with Gasteiger partial charge in [-0.2, -0.15) is 0 Å². The van der Waals surface area contributed by atoms with Crippen molar-refractivity contribution in [2.75, 3.05) is 0 Å². The van der Waals surface area contributed by atoms with Gasteiger partial charge in [0, 0.05) is 15.0 Å². The van der Waals surface area contributed by atoms with Crippen LogP contribution in [0.4, 0.5) is 4.79 Å². The molecule has 3 nitrogen and oxygen atoms in total. The molecular weight excluding hydrogens is 293 g/mol. The van der Waals surface area contributed by atoms with Gasteiger partial charge in [0.2, 0.25) is 0 Å². The molecule has 16 heavy (non-hydrogen) atoms. The lowest BCUT2D eigenvalue weighted by Gasteiger charge is -2.16. The molecule has 0 bridgehead atoms. The molecule has 0 heterocycles. The van der Waals surface area contributed by atoms with E-state index in [1.807, 2.05) is 18.2 Å². The zero-order valence-electron chi connectivity index (χ0n) is 8.46. The molecule has 1 amide bonds. The number of carbonyl (C=O) groups is 1. The van der Waals surface area contributed by atoms with Crippen LogP contribution in [0.1, 0.15) is 18.4 Å². The predicted molar refractivity (Wildman–Crippen MR) is 66.0 cm³/mol. The minimum atomic E-state index is -0.969. The van der Waals surface area contributed by atoms with Gasteiger partial charge >= 0.3 is 6.09 Å². The summed E-state index contributed by atoms with van der Waals surface area (Å²) in [7, 11) is 0. The van der Waals surface area contributed by atoms with Crippen molar-refractivity contribution in [3.05, 3.63) is 33.3 Å². The van der Waals surface area contributed by atoms with Gasteiger partial charge in [-0.25, -0.2) is 4.79 Å². The number of hydrogen-bond acceptors (Lipinski definition) is 1. The summed E-state index contributed by atoms with van der Waals surface area (Å²) in [5.41, 5.74) is 0.679. The third kappa shape index (κ3) is 2.68. The van der Waals surface area contributed by atoms with Gasteiger partial charge in [0.25, 0.3) is 0 Å². The third-order valence-electron chi connectivity index (χ3n) is 2.76. The van der Waals surface area contributed by atoms with Crippen LogP contribution in [0.15, 0.2) is 22.7 Å². The zero-order chi connectivity index (χ0) is 11.8. The van der Waals surface area contributed by atoms with Gasteiger partial charge in [-0.3, -0.25) is 0 Å². The van der Waals surface area contributed by atoms with Gasteiger partial charge < -0.3 is 10.4 Å². The second-order valence-electron chi connectivity index (χ2n) is 4.12. The molecule has 0 unspecified atom stereocenters. The van der Waals surface area contributed by atoms with E-state index < -0.39 is 6.09 Å². The third-order valence-corrected chi connectivity index (χ3v) is 3.62. The normalized spacial score (nSPS) is 16.9. The summed E-state index contributed by atoms with van der Waals surface area (Å²) in [5, 5.41) is 12.0. The summed E-state index contributed by atoms with van der Waals surface area (Å²) in [6, 6.07) is 5.62. The number of benzene rings is 1. The van der Waals surface area contributed by atoms with Crippen LogP contribution in [-0.4, -0.2) is 16.7 Å². The Bertz CT molecular complexity index is 432. The Morgan fingerprint density at radius 1 is 1.56 bits per heavy atom. The standard InChI is InChI=1S/C11H11BrClNO2/c12-8-1-2-9(13)7(5-8)6-11(3-4-11)14-10(15)16/h1-2,5,14H,3-4,6H2,(H,15,16). The minimum absolute atomic E-state index is 0.295. The van der Waals surface area contributed by atoms with Crippen molar-refractivity contribution in [3.63, 3.8) is 0 Å². The molecule has 0 spiro atoms. The molecule has 1 aromatic rings. The molecular formula is C11H11BrClNO2. The first-order valence-corrected chi connectivity index (χ1v) is 6.13. The zero-order valence-corrected chi connectivity index (χ0v) is 10.8. The highest BCUT2D eigenvalue weighted by atomic mass is 79.9. The Kier molecular flexibility index (Phi) is 3.13. The van der Waals surface area contributed by atoms with Crippen molar-refractivity contribution in [2.24, 2.45) is 0 Å². The molecule has 0 atom stereocenters. The molecule has 0 aliphatic heterocycles. The quantitative estimate of drug-likeness (QED) is 0.898. The van der Waals surface area contributed by atoms with Crippen molar-refractivity contribution in [1.82, 2.24) is 5.32 Å². The number of rotatable bonds is 3. The maximum Gasteiger partial charge on any atom is 0.405 e. The summed E-state index contributed by atoms with van der Waals surface area (Å²) < 4.78 is 0.957. The molecule has 1 aliphatic carbocycles. The molecule has 0 aromatic heterocycles. The van der Waals surface area contributed by atoms with E-state index in [2.05, 4.69) is 21.2 Å². The second-order valence-corrected chi connectivity index (χ2v) is 5.45.